The van der Waals surface area contributed by atoms with Gasteiger partial charge in [-0.2, -0.15) is 5.10 Å². The SMILES string of the molecule is Cc1nc(C)n(CC(=O)NC[C@H]2CCC[C@@H](Oc3ccccc3)[C@@H]2O)n1. The minimum atomic E-state index is -0.598. The molecule has 7 heteroatoms. The Balaban J connectivity index is 1.50. The molecule has 3 rings (SSSR count). The largest absolute Gasteiger partial charge is 0.488 e. The summed E-state index contributed by atoms with van der Waals surface area (Å²) in [4.78, 5) is 16.4. The van der Waals surface area contributed by atoms with E-state index in [0.29, 0.717) is 18.2 Å². The average molecular weight is 358 g/mol. The molecule has 0 radical (unpaired) electrons. The van der Waals surface area contributed by atoms with E-state index in [9.17, 15) is 9.90 Å². The van der Waals surface area contributed by atoms with Crippen molar-refractivity contribution in [2.24, 2.45) is 5.92 Å². The van der Waals surface area contributed by atoms with Gasteiger partial charge >= 0.3 is 0 Å². The van der Waals surface area contributed by atoms with Crippen molar-refractivity contribution in [3.05, 3.63) is 42.0 Å². The molecule has 0 spiro atoms. The van der Waals surface area contributed by atoms with E-state index in [0.717, 1.165) is 25.0 Å². The van der Waals surface area contributed by atoms with Crippen LogP contribution in [0.3, 0.4) is 0 Å². The standard InChI is InChI=1S/C19H26N4O3/c1-13-21-14(2)23(22-13)12-18(24)20-11-15-7-6-10-17(19(15)25)26-16-8-4-3-5-9-16/h3-5,8-9,15,17,19,25H,6-7,10-12H2,1-2H3,(H,20,24)/t15-,17-,19-/m1/s1. The van der Waals surface area contributed by atoms with Gasteiger partial charge in [0.1, 0.15) is 30.0 Å². The molecule has 1 aromatic carbocycles. The molecule has 2 aromatic rings. The fraction of sp³-hybridized carbons (Fsp3) is 0.526. The Kier molecular flexibility index (Phi) is 5.88. The molecule has 1 aliphatic rings. The van der Waals surface area contributed by atoms with Crippen molar-refractivity contribution >= 4 is 5.91 Å². The summed E-state index contributed by atoms with van der Waals surface area (Å²) in [5.41, 5.74) is 0. The molecule has 0 saturated heterocycles. The number of carbonyl (C=O) groups is 1. The lowest BCUT2D eigenvalue weighted by molar-refractivity contribution is -0.122. The number of hydrogen-bond acceptors (Lipinski definition) is 5. The monoisotopic (exact) mass is 358 g/mol. The predicted molar refractivity (Wildman–Crippen MR) is 96.7 cm³/mol. The van der Waals surface area contributed by atoms with E-state index in [1.165, 1.54) is 0 Å². The van der Waals surface area contributed by atoms with Crippen molar-refractivity contribution in [3.8, 4) is 5.75 Å². The summed E-state index contributed by atoms with van der Waals surface area (Å²) < 4.78 is 7.52. The van der Waals surface area contributed by atoms with Crippen LogP contribution in [-0.2, 0) is 11.3 Å². The number of rotatable bonds is 6. The van der Waals surface area contributed by atoms with Crippen LogP contribution in [0, 0.1) is 19.8 Å². The summed E-state index contributed by atoms with van der Waals surface area (Å²) in [5.74, 6) is 1.99. The Morgan fingerprint density at radius 2 is 2.08 bits per heavy atom. The first-order valence-corrected chi connectivity index (χ1v) is 9.07. The molecule has 3 atom stereocenters. The normalized spacial score (nSPS) is 22.8. The molecular formula is C19H26N4O3. The molecule has 0 aliphatic heterocycles. The number of aryl methyl sites for hydroxylation is 2. The number of benzene rings is 1. The number of nitrogens with zero attached hydrogens (tertiary/aromatic N) is 3. The van der Waals surface area contributed by atoms with E-state index in [4.69, 9.17) is 4.74 Å². The first-order valence-electron chi connectivity index (χ1n) is 9.07. The fourth-order valence-electron chi connectivity index (χ4n) is 3.40. The van der Waals surface area contributed by atoms with Gasteiger partial charge in [0.2, 0.25) is 5.91 Å². The number of hydrogen-bond donors (Lipinski definition) is 2. The quantitative estimate of drug-likeness (QED) is 0.819. The minimum Gasteiger partial charge on any atom is -0.488 e. The highest BCUT2D eigenvalue weighted by Crippen LogP contribution is 2.28. The summed E-state index contributed by atoms with van der Waals surface area (Å²) in [6.45, 7) is 4.19. The molecule has 1 amide bonds. The highest BCUT2D eigenvalue weighted by Gasteiger charge is 2.33. The Bertz CT molecular complexity index is 732. The maximum absolute atomic E-state index is 12.2. The van der Waals surface area contributed by atoms with E-state index in [-0.39, 0.29) is 24.5 Å². The smallest absolute Gasteiger partial charge is 0.241 e. The zero-order valence-corrected chi connectivity index (χ0v) is 15.3. The summed E-state index contributed by atoms with van der Waals surface area (Å²) in [6.07, 6.45) is 1.82. The summed E-state index contributed by atoms with van der Waals surface area (Å²) in [5, 5.41) is 17.7. The second-order valence-corrected chi connectivity index (χ2v) is 6.82. The number of ether oxygens (including phenoxy) is 1. The van der Waals surface area contributed by atoms with Gasteiger partial charge in [-0.3, -0.25) is 4.79 Å². The zero-order chi connectivity index (χ0) is 18.5. The van der Waals surface area contributed by atoms with E-state index >= 15 is 0 Å². The van der Waals surface area contributed by atoms with Crippen LogP contribution >= 0.6 is 0 Å². The van der Waals surface area contributed by atoms with Gasteiger partial charge in [-0.05, 0) is 45.2 Å². The Morgan fingerprint density at radius 3 is 2.77 bits per heavy atom. The van der Waals surface area contributed by atoms with E-state index in [1.54, 1.807) is 11.6 Å². The Hall–Kier alpha value is -2.41. The average Bonchev–Trinajstić information content (AvgIpc) is 2.93. The van der Waals surface area contributed by atoms with E-state index in [2.05, 4.69) is 15.4 Å². The molecular weight excluding hydrogens is 332 g/mol. The lowest BCUT2D eigenvalue weighted by Gasteiger charge is -2.35. The van der Waals surface area contributed by atoms with Gasteiger partial charge in [0.05, 0.1) is 6.10 Å². The van der Waals surface area contributed by atoms with Crippen molar-refractivity contribution in [2.75, 3.05) is 6.54 Å². The summed E-state index contributed by atoms with van der Waals surface area (Å²) in [7, 11) is 0. The predicted octanol–water partition coefficient (Wildman–Crippen LogP) is 1.62. The second-order valence-electron chi connectivity index (χ2n) is 6.82. The highest BCUT2D eigenvalue weighted by molar-refractivity contribution is 5.75. The Labute approximate surface area is 153 Å². The highest BCUT2D eigenvalue weighted by atomic mass is 16.5. The summed E-state index contributed by atoms with van der Waals surface area (Å²) >= 11 is 0. The third kappa shape index (κ3) is 4.60. The van der Waals surface area contributed by atoms with Crippen LogP contribution in [0.4, 0.5) is 0 Å². The van der Waals surface area contributed by atoms with Gasteiger partial charge in [0.15, 0.2) is 0 Å². The van der Waals surface area contributed by atoms with E-state index in [1.807, 2.05) is 37.3 Å². The molecule has 7 nitrogen and oxygen atoms in total. The number of amides is 1. The molecule has 1 aromatic heterocycles. The van der Waals surface area contributed by atoms with E-state index < -0.39 is 6.10 Å². The molecule has 0 unspecified atom stereocenters. The molecule has 26 heavy (non-hydrogen) atoms. The van der Waals surface area contributed by atoms with Gasteiger partial charge in [0.25, 0.3) is 0 Å². The van der Waals surface area contributed by atoms with Crippen LogP contribution in [0.15, 0.2) is 30.3 Å². The molecule has 1 saturated carbocycles. The van der Waals surface area contributed by atoms with Gasteiger partial charge in [0, 0.05) is 12.5 Å². The molecule has 0 bridgehead atoms. The third-order valence-corrected chi connectivity index (χ3v) is 4.78. The molecule has 1 heterocycles. The van der Waals surface area contributed by atoms with Gasteiger partial charge in [-0.1, -0.05) is 18.2 Å². The maximum Gasteiger partial charge on any atom is 0.241 e. The molecule has 140 valence electrons. The van der Waals surface area contributed by atoms with Gasteiger partial charge in [-0.15, -0.1) is 0 Å². The number of para-hydroxylation sites is 1. The number of aliphatic hydroxyl groups excluding tert-OH is 1. The lowest BCUT2D eigenvalue weighted by Crippen LogP contribution is -2.46. The van der Waals surface area contributed by atoms with Crippen molar-refractivity contribution in [1.82, 2.24) is 20.1 Å². The van der Waals surface area contributed by atoms with Crippen LogP contribution in [0.2, 0.25) is 0 Å². The molecule has 1 fully saturated rings. The lowest BCUT2D eigenvalue weighted by atomic mass is 9.84. The van der Waals surface area contributed by atoms with Crippen molar-refractivity contribution in [2.45, 2.75) is 51.9 Å². The number of carbonyl (C=O) groups excluding carboxylic acids is 1. The third-order valence-electron chi connectivity index (χ3n) is 4.78. The topological polar surface area (TPSA) is 89.3 Å². The fourth-order valence-corrected chi connectivity index (χ4v) is 3.40. The maximum atomic E-state index is 12.2. The number of nitrogens with one attached hydrogen (secondary N) is 1. The van der Waals surface area contributed by atoms with Crippen molar-refractivity contribution in [3.63, 3.8) is 0 Å². The minimum absolute atomic E-state index is 0.0139. The van der Waals surface area contributed by atoms with Gasteiger partial charge < -0.3 is 15.2 Å². The zero-order valence-electron chi connectivity index (χ0n) is 15.3. The Morgan fingerprint density at radius 1 is 1.31 bits per heavy atom. The first-order chi connectivity index (χ1) is 12.5. The van der Waals surface area contributed by atoms with Crippen LogP contribution < -0.4 is 10.1 Å². The number of aromatic nitrogens is 3. The summed E-state index contributed by atoms with van der Waals surface area (Å²) in [6, 6.07) is 9.54. The number of aliphatic hydroxyl groups is 1. The molecule has 1 aliphatic carbocycles. The second kappa shape index (κ2) is 8.31. The van der Waals surface area contributed by atoms with Crippen molar-refractivity contribution in [1.29, 1.82) is 0 Å². The van der Waals surface area contributed by atoms with Crippen LogP contribution in [0.1, 0.15) is 30.9 Å². The van der Waals surface area contributed by atoms with Crippen LogP contribution in [0.25, 0.3) is 0 Å². The van der Waals surface area contributed by atoms with Gasteiger partial charge in [-0.25, -0.2) is 9.67 Å². The van der Waals surface area contributed by atoms with Crippen molar-refractivity contribution < 1.29 is 14.6 Å². The van der Waals surface area contributed by atoms with Crippen LogP contribution in [-0.4, -0.2) is 44.5 Å². The first kappa shape index (κ1) is 18.4. The van der Waals surface area contributed by atoms with Crippen LogP contribution in [0.5, 0.6) is 5.75 Å². The molecule has 2 N–H and O–H groups in total.